The summed E-state index contributed by atoms with van der Waals surface area (Å²) in [6.07, 6.45) is 1.29. The van der Waals surface area contributed by atoms with Crippen LogP contribution in [0.2, 0.25) is 0 Å². The molecule has 8 heavy (non-hydrogen) atoms. The van der Waals surface area contributed by atoms with Crippen molar-refractivity contribution >= 4 is 0 Å². The Kier molecular flexibility index (Phi) is 1.86. The molecule has 48 valence electrons. The molecule has 1 aliphatic heterocycles. The van der Waals surface area contributed by atoms with Gasteiger partial charge < -0.3 is 5.32 Å². The van der Waals surface area contributed by atoms with Crippen molar-refractivity contribution in [2.24, 2.45) is 0 Å². The van der Waals surface area contributed by atoms with Gasteiger partial charge in [-0.25, -0.2) is 0 Å². The third-order valence-corrected chi connectivity index (χ3v) is 1.85. The highest BCUT2D eigenvalue weighted by Crippen LogP contribution is 2.01. The maximum Gasteiger partial charge on any atom is 0.0480 e. The summed E-state index contributed by atoms with van der Waals surface area (Å²) >= 11 is 0. The minimum absolute atomic E-state index is 0.774. The van der Waals surface area contributed by atoms with Gasteiger partial charge in [-0.05, 0) is 26.9 Å². The molecule has 1 atom stereocenters. The standard InChI is InChI=1S/C6H14N2/c1-6-3-4-7-5-8(6)2/h6-7H,3-5H2,1-2H3. The minimum Gasteiger partial charge on any atom is -0.304 e. The average Bonchev–Trinajstić information content (AvgIpc) is 1.77. The number of hydrogen-bond acceptors (Lipinski definition) is 2. The van der Waals surface area contributed by atoms with Crippen molar-refractivity contribution in [1.29, 1.82) is 0 Å². The van der Waals surface area contributed by atoms with E-state index in [1.54, 1.807) is 0 Å². The van der Waals surface area contributed by atoms with Gasteiger partial charge in [-0.15, -0.1) is 0 Å². The van der Waals surface area contributed by atoms with Gasteiger partial charge in [-0.2, -0.15) is 0 Å². The van der Waals surface area contributed by atoms with E-state index in [0.717, 1.165) is 12.7 Å². The normalized spacial score (nSPS) is 33.0. The molecule has 0 saturated carbocycles. The predicted molar refractivity (Wildman–Crippen MR) is 34.7 cm³/mol. The second-order valence-corrected chi connectivity index (χ2v) is 2.55. The summed E-state index contributed by atoms with van der Waals surface area (Å²) in [7, 11) is 2.15. The van der Waals surface area contributed by atoms with E-state index in [1.165, 1.54) is 13.0 Å². The Hall–Kier alpha value is -0.0800. The van der Waals surface area contributed by atoms with Crippen LogP contribution in [0.3, 0.4) is 0 Å². The first-order valence-corrected chi connectivity index (χ1v) is 3.21. The van der Waals surface area contributed by atoms with Crippen LogP contribution in [0.5, 0.6) is 0 Å². The van der Waals surface area contributed by atoms with Gasteiger partial charge in [0.15, 0.2) is 0 Å². The Morgan fingerprint density at radius 3 is 2.75 bits per heavy atom. The molecule has 0 aromatic rings. The van der Waals surface area contributed by atoms with Gasteiger partial charge in [0.25, 0.3) is 0 Å². The topological polar surface area (TPSA) is 15.3 Å². The van der Waals surface area contributed by atoms with E-state index in [4.69, 9.17) is 0 Å². The smallest absolute Gasteiger partial charge is 0.0480 e. The average molecular weight is 114 g/mol. The molecule has 1 aliphatic rings. The molecule has 0 amide bonds. The monoisotopic (exact) mass is 114 g/mol. The van der Waals surface area contributed by atoms with Crippen LogP contribution in [0, 0.1) is 0 Å². The first-order chi connectivity index (χ1) is 3.80. The van der Waals surface area contributed by atoms with Crippen molar-refractivity contribution in [2.45, 2.75) is 19.4 Å². The lowest BCUT2D eigenvalue weighted by atomic mass is 10.2. The highest BCUT2D eigenvalue weighted by Gasteiger charge is 2.11. The molecule has 2 heteroatoms. The molecule has 1 N–H and O–H groups in total. The molecule has 2 nitrogen and oxygen atoms in total. The highest BCUT2D eigenvalue weighted by atomic mass is 15.2. The molecule has 0 spiro atoms. The Morgan fingerprint density at radius 1 is 1.62 bits per heavy atom. The lowest BCUT2D eigenvalue weighted by Crippen LogP contribution is -2.44. The second kappa shape index (κ2) is 2.46. The Balaban J connectivity index is 2.28. The van der Waals surface area contributed by atoms with Gasteiger partial charge >= 0.3 is 0 Å². The molecule has 1 unspecified atom stereocenters. The van der Waals surface area contributed by atoms with Crippen molar-refractivity contribution in [2.75, 3.05) is 20.3 Å². The van der Waals surface area contributed by atoms with Gasteiger partial charge in [0, 0.05) is 12.7 Å². The maximum atomic E-state index is 3.29. The fraction of sp³-hybridized carbons (Fsp3) is 1.00. The quantitative estimate of drug-likeness (QED) is 0.486. The lowest BCUT2D eigenvalue weighted by molar-refractivity contribution is 0.189. The Morgan fingerprint density at radius 2 is 2.38 bits per heavy atom. The van der Waals surface area contributed by atoms with Crippen LogP contribution < -0.4 is 5.32 Å². The van der Waals surface area contributed by atoms with Gasteiger partial charge in [0.2, 0.25) is 0 Å². The van der Waals surface area contributed by atoms with Crippen LogP contribution in [-0.2, 0) is 0 Å². The molecule has 0 aliphatic carbocycles. The van der Waals surface area contributed by atoms with Crippen molar-refractivity contribution in [1.82, 2.24) is 10.2 Å². The summed E-state index contributed by atoms with van der Waals surface area (Å²) in [5, 5.41) is 3.29. The highest BCUT2D eigenvalue weighted by molar-refractivity contribution is 4.68. The van der Waals surface area contributed by atoms with E-state index in [0.29, 0.717) is 0 Å². The SMILES string of the molecule is CC1CCNCN1C. The third kappa shape index (κ3) is 1.20. The molecule has 1 saturated heterocycles. The fourth-order valence-electron chi connectivity index (χ4n) is 0.943. The van der Waals surface area contributed by atoms with E-state index in [-0.39, 0.29) is 0 Å². The summed E-state index contributed by atoms with van der Waals surface area (Å²) in [5.74, 6) is 0. The lowest BCUT2D eigenvalue weighted by Gasteiger charge is -2.29. The summed E-state index contributed by atoms with van der Waals surface area (Å²) < 4.78 is 0. The van der Waals surface area contributed by atoms with Gasteiger partial charge in [-0.1, -0.05) is 0 Å². The van der Waals surface area contributed by atoms with E-state index >= 15 is 0 Å². The van der Waals surface area contributed by atoms with Crippen molar-refractivity contribution < 1.29 is 0 Å². The van der Waals surface area contributed by atoms with Gasteiger partial charge in [0.05, 0.1) is 0 Å². The van der Waals surface area contributed by atoms with E-state index in [1.807, 2.05) is 0 Å². The number of rotatable bonds is 0. The number of nitrogens with zero attached hydrogens (tertiary/aromatic N) is 1. The maximum absolute atomic E-state index is 3.29. The molecular weight excluding hydrogens is 100 g/mol. The molecular formula is C6H14N2. The molecule has 1 heterocycles. The summed E-state index contributed by atoms with van der Waals surface area (Å²) in [6.45, 7) is 4.51. The Labute approximate surface area is 50.9 Å². The molecule has 0 aromatic carbocycles. The Bertz CT molecular complexity index is 62.9. The first kappa shape index (κ1) is 6.05. The zero-order chi connectivity index (χ0) is 5.98. The molecule has 0 aromatic heterocycles. The van der Waals surface area contributed by atoms with Crippen molar-refractivity contribution in [3.63, 3.8) is 0 Å². The zero-order valence-corrected chi connectivity index (χ0v) is 5.65. The van der Waals surface area contributed by atoms with Gasteiger partial charge in [-0.3, -0.25) is 4.90 Å². The summed E-state index contributed by atoms with van der Waals surface area (Å²) in [5.41, 5.74) is 0. The first-order valence-electron chi connectivity index (χ1n) is 3.21. The second-order valence-electron chi connectivity index (χ2n) is 2.55. The molecule has 0 radical (unpaired) electrons. The largest absolute Gasteiger partial charge is 0.304 e. The third-order valence-electron chi connectivity index (χ3n) is 1.85. The van der Waals surface area contributed by atoms with E-state index < -0.39 is 0 Å². The number of hydrogen-bond donors (Lipinski definition) is 1. The van der Waals surface area contributed by atoms with Gasteiger partial charge in [0.1, 0.15) is 0 Å². The van der Waals surface area contributed by atoms with Crippen LogP contribution in [0.4, 0.5) is 0 Å². The zero-order valence-electron chi connectivity index (χ0n) is 5.65. The fourth-order valence-corrected chi connectivity index (χ4v) is 0.943. The van der Waals surface area contributed by atoms with Crippen LogP contribution in [0.15, 0.2) is 0 Å². The molecule has 1 rings (SSSR count). The molecule has 1 fully saturated rings. The number of nitrogens with one attached hydrogen (secondary N) is 1. The van der Waals surface area contributed by atoms with Crippen LogP contribution in [0.1, 0.15) is 13.3 Å². The summed E-state index contributed by atoms with van der Waals surface area (Å²) in [4.78, 5) is 2.32. The predicted octanol–water partition coefficient (Wildman–Crippen LogP) is 0.258. The van der Waals surface area contributed by atoms with Crippen LogP contribution in [0.25, 0.3) is 0 Å². The minimum atomic E-state index is 0.774. The van der Waals surface area contributed by atoms with E-state index in [2.05, 4.69) is 24.2 Å². The van der Waals surface area contributed by atoms with Crippen molar-refractivity contribution in [3.8, 4) is 0 Å². The molecule has 0 bridgehead atoms. The van der Waals surface area contributed by atoms with E-state index in [9.17, 15) is 0 Å². The van der Waals surface area contributed by atoms with Crippen LogP contribution >= 0.6 is 0 Å². The summed E-state index contributed by atoms with van der Waals surface area (Å²) in [6, 6.07) is 0.774. The van der Waals surface area contributed by atoms with Crippen LogP contribution in [-0.4, -0.2) is 31.2 Å². The van der Waals surface area contributed by atoms with Crippen molar-refractivity contribution in [3.05, 3.63) is 0 Å².